The molecule has 0 saturated carbocycles. The molecule has 2 aromatic heterocycles. The van der Waals surface area contributed by atoms with Crippen molar-refractivity contribution in [3.8, 4) is 0 Å². The molecule has 14 heteroatoms. The fourth-order valence-corrected chi connectivity index (χ4v) is 6.16. The summed E-state index contributed by atoms with van der Waals surface area (Å²) in [6, 6.07) is 7.07. The van der Waals surface area contributed by atoms with Crippen LogP contribution in [-0.2, 0) is 50.4 Å². The summed E-state index contributed by atoms with van der Waals surface area (Å²) >= 11 is 0. The SMILES string of the molecule is Cc1c2c(cc3c1N(Cc1cccnc1)CCC[C@@H]3N(Cc1cc(C(F)(F)F)cc(C(F)(F)F)c1)c1nnn(C)n1)COC2. The second-order valence-electron chi connectivity index (χ2n) is 11.1. The molecule has 0 aliphatic carbocycles. The highest BCUT2D eigenvalue weighted by molar-refractivity contribution is 5.67. The standard InChI is InChI=1S/C30H29F6N7O/c1-18-25-17-44-16-21(25)11-24-26(6-4-8-42(27(18)24)14-19-5-3-7-37-13-19)43(28-38-40-41(2)39-28)15-20-9-22(29(31,32)33)12-23(10-20)30(34,35)36/h3,5,7,9-13,26H,4,6,8,14-17H2,1-2H3/t26-/m0/s1. The molecule has 0 spiro atoms. The van der Waals surface area contributed by atoms with Crippen LogP contribution in [0.2, 0.25) is 0 Å². The summed E-state index contributed by atoms with van der Waals surface area (Å²) in [6.45, 7) is 3.82. The number of ether oxygens (including phenoxy) is 1. The van der Waals surface area contributed by atoms with Gasteiger partial charge in [0.2, 0.25) is 0 Å². The summed E-state index contributed by atoms with van der Waals surface area (Å²) in [5.41, 5.74) is 3.03. The average Bonchev–Trinajstić information content (AvgIpc) is 3.58. The van der Waals surface area contributed by atoms with Crippen LogP contribution < -0.4 is 9.80 Å². The summed E-state index contributed by atoms with van der Waals surface area (Å²) in [4.78, 5) is 9.38. The first-order valence-electron chi connectivity index (χ1n) is 14.0. The molecule has 4 aromatic rings. The predicted octanol–water partition coefficient (Wildman–Crippen LogP) is 6.53. The molecule has 1 atom stereocenters. The molecule has 232 valence electrons. The van der Waals surface area contributed by atoms with Crippen LogP contribution in [0.3, 0.4) is 0 Å². The maximum Gasteiger partial charge on any atom is 0.416 e. The highest BCUT2D eigenvalue weighted by Gasteiger charge is 2.38. The lowest BCUT2D eigenvalue weighted by Crippen LogP contribution is -2.30. The molecule has 2 aliphatic heterocycles. The van der Waals surface area contributed by atoms with Gasteiger partial charge in [-0.05, 0) is 88.7 Å². The highest BCUT2D eigenvalue weighted by atomic mass is 19.4. The Morgan fingerprint density at radius 3 is 2.39 bits per heavy atom. The van der Waals surface area contributed by atoms with Crippen molar-refractivity contribution in [1.82, 2.24) is 25.2 Å². The van der Waals surface area contributed by atoms with Crippen molar-refractivity contribution in [2.45, 2.75) is 64.5 Å². The van der Waals surface area contributed by atoms with Crippen LogP contribution in [-0.4, -0.2) is 31.7 Å². The molecule has 8 nitrogen and oxygen atoms in total. The van der Waals surface area contributed by atoms with Gasteiger partial charge in [-0.2, -0.15) is 31.1 Å². The van der Waals surface area contributed by atoms with Crippen molar-refractivity contribution in [2.24, 2.45) is 7.05 Å². The first-order chi connectivity index (χ1) is 20.9. The van der Waals surface area contributed by atoms with Gasteiger partial charge in [-0.1, -0.05) is 11.2 Å². The Morgan fingerprint density at radius 2 is 1.75 bits per heavy atom. The van der Waals surface area contributed by atoms with Crippen LogP contribution in [0.25, 0.3) is 0 Å². The number of anilines is 2. The lowest BCUT2D eigenvalue weighted by molar-refractivity contribution is -0.143. The van der Waals surface area contributed by atoms with Crippen LogP contribution >= 0.6 is 0 Å². The van der Waals surface area contributed by atoms with E-state index in [2.05, 4.69) is 25.3 Å². The molecule has 2 aromatic carbocycles. The van der Waals surface area contributed by atoms with Crippen LogP contribution in [0.5, 0.6) is 0 Å². The van der Waals surface area contributed by atoms with Crippen molar-refractivity contribution in [3.63, 3.8) is 0 Å². The third-order valence-electron chi connectivity index (χ3n) is 8.11. The van der Waals surface area contributed by atoms with Gasteiger partial charge < -0.3 is 14.5 Å². The minimum absolute atomic E-state index is 0.101. The number of benzene rings is 2. The number of nitrogens with zero attached hydrogens (tertiary/aromatic N) is 7. The molecule has 0 unspecified atom stereocenters. The summed E-state index contributed by atoms with van der Waals surface area (Å²) in [7, 11) is 1.55. The van der Waals surface area contributed by atoms with Gasteiger partial charge in [-0.25, -0.2) is 0 Å². The van der Waals surface area contributed by atoms with E-state index in [1.807, 2.05) is 25.1 Å². The third kappa shape index (κ3) is 5.94. The average molecular weight is 618 g/mol. The molecule has 4 heterocycles. The molecule has 0 bridgehead atoms. The first-order valence-corrected chi connectivity index (χ1v) is 14.0. The molecule has 0 N–H and O–H groups in total. The Labute approximate surface area is 249 Å². The zero-order valence-corrected chi connectivity index (χ0v) is 24.0. The maximum absolute atomic E-state index is 13.8. The largest absolute Gasteiger partial charge is 0.416 e. The summed E-state index contributed by atoms with van der Waals surface area (Å²) in [6.07, 6.45) is -5.20. The Kier molecular flexibility index (Phi) is 7.72. The van der Waals surface area contributed by atoms with E-state index in [-0.39, 0.29) is 24.1 Å². The van der Waals surface area contributed by atoms with E-state index in [0.717, 1.165) is 45.6 Å². The summed E-state index contributed by atoms with van der Waals surface area (Å²) in [5.74, 6) is 0.101. The van der Waals surface area contributed by atoms with Crippen molar-refractivity contribution < 1.29 is 31.1 Å². The van der Waals surface area contributed by atoms with Crippen LogP contribution in [0, 0.1) is 6.92 Å². The topological polar surface area (TPSA) is 72.2 Å². The van der Waals surface area contributed by atoms with E-state index in [1.165, 1.54) is 4.80 Å². The molecule has 2 aliphatic rings. The minimum atomic E-state index is -4.97. The Hall–Kier alpha value is -4.20. The molecular formula is C30H29F6N7O. The molecular weight excluding hydrogens is 588 g/mol. The van der Waals surface area contributed by atoms with E-state index < -0.39 is 29.5 Å². The highest BCUT2D eigenvalue weighted by Crippen LogP contribution is 2.45. The van der Waals surface area contributed by atoms with Gasteiger partial charge in [0, 0.05) is 37.7 Å². The zero-order chi connectivity index (χ0) is 31.2. The lowest BCUT2D eigenvalue weighted by atomic mass is 9.91. The number of rotatable bonds is 6. The molecule has 44 heavy (non-hydrogen) atoms. The fourth-order valence-electron chi connectivity index (χ4n) is 6.16. The van der Waals surface area contributed by atoms with Gasteiger partial charge in [-0.15, -0.1) is 5.10 Å². The molecule has 0 fully saturated rings. The van der Waals surface area contributed by atoms with Crippen molar-refractivity contribution in [1.29, 1.82) is 0 Å². The number of alkyl halides is 6. The second kappa shape index (κ2) is 11.4. The number of halogens is 6. The van der Waals surface area contributed by atoms with Gasteiger partial charge >= 0.3 is 12.4 Å². The van der Waals surface area contributed by atoms with Gasteiger partial charge in [0.25, 0.3) is 5.95 Å². The monoisotopic (exact) mass is 617 g/mol. The molecule has 6 rings (SSSR count). The van der Waals surface area contributed by atoms with Crippen LogP contribution in [0.1, 0.15) is 63.4 Å². The molecule has 0 radical (unpaired) electrons. The number of aromatic nitrogens is 5. The third-order valence-corrected chi connectivity index (χ3v) is 8.11. The van der Waals surface area contributed by atoms with Gasteiger partial charge in [0.05, 0.1) is 37.4 Å². The molecule has 0 saturated heterocycles. The van der Waals surface area contributed by atoms with Crippen molar-refractivity contribution in [2.75, 3.05) is 16.3 Å². The summed E-state index contributed by atoms with van der Waals surface area (Å²) < 4.78 is 88.3. The van der Waals surface area contributed by atoms with Crippen LogP contribution in [0.15, 0.2) is 48.8 Å². The number of tetrazole rings is 1. The van der Waals surface area contributed by atoms with E-state index in [9.17, 15) is 26.3 Å². The number of pyridine rings is 1. The Morgan fingerprint density at radius 1 is 1.00 bits per heavy atom. The molecule has 0 amide bonds. The maximum atomic E-state index is 13.8. The van der Waals surface area contributed by atoms with Crippen molar-refractivity contribution >= 4 is 11.6 Å². The van der Waals surface area contributed by atoms with Gasteiger partial charge in [-0.3, -0.25) is 4.98 Å². The van der Waals surface area contributed by atoms with E-state index in [4.69, 9.17) is 4.74 Å². The van der Waals surface area contributed by atoms with Gasteiger partial charge in [0.15, 0.2) is 0 Å². The Bertz CT molecular complexity index is 1620. The minimum Gasteiger partial charge on any atom is -0.372 e. The number of aryl methyl sites for hydroxylation is 1. The number of hydrogen-bond donors (Lipinski definition) is 0. The number of fused-ring (bicyclic) bond motifs is 2. The predicted molar refractivity (Wildman–Crippen MR) is 148 cm³/mol. The van der Waals surface area contributed by atoms with E-state index in [0.29, 0.717) is 39.1 Å². The van der Waals surface area contributed by atoms with Crippen molar-refractivity contribution in [3.05, 3.63) is 93.3 Å². The van der Waals surface area contributed by atoms with Gasteiger partial charge in [0.1, 0.15) is 0 Å². The smallest absolute Gasteiger partial charge is 0.372 e. The van der Waals surface area contributed by atoms with E-state index >= 15 is 0 Å². The van der Waals surface area contributed by atoms with Crippen LogP contribution in [0.4, 0.5) is 38.0 Å². The lowest BCUT2D eigenvalue weighted by Gasteiger charge is -2.34. The first kappa shape index (κ1) is 29.9. The van der Waals surface area contributed by atoms with E-state index in [1.54, 1.807) is 24.3 Å². The second-order valence-corrected chi connectivity index (χ2v) is 11.1. The number of hydrogen-bond acceptors (Lipinski definition) is 7. The zero-order valence-electron chi connectivity index (χ0n) is 24.0. The fraction of sp³-hybridized carbons (Fsp3) is 0.400. The quantitative estimate of drug-likeness (QED) is 0.228. The normalized spacial score (nSPS) is 16.9. The Balaban J connectivity index is 1.49. The summed E-state index contributed by atoms with van der Waals surface area (Å²) in [5, 5.41) is 12.4.